The predicted octanol–water partition coefficient (Wildman–Crippen LogP) is 4.08. The lowest BCUT2D eigenvalue weighted by Crippen LogP contribution is -2.41. The molecule has 2 nitrogen and oxygen atoms in total. The van der Waals surface area contributed by atoms with Crippen molar-refractivity contribution in [1.82, 2.24) is 4.90 Å². The fraction of sp³-hybridized carbons (Fsp3) is 0.533. The van der Waals surface area contributed by atoms with E-state index in [4.69, 9.17) is 11.6 Å². The first kappa shape index (κ1) is 14.7. The summed E-state index contributed by atoms with van der Waals surface area (Å²) >= 11 is 7.47. The number of hydrogen-bond donors (Lipinski definition) is 0. The molecular weight excluding hydrogens is 278 g/mol. The topological polar surface area (TPSA) is 20.3 Å². The third kappa shape index (κ3) is 4.15. The highest BCUT2D eigenvalue weighted by Gasteiger charge is 2.24. The van der Waals surface area contributed by atoms with Crippen LogP contribution in [0, 0.1) is 5.92 Å². The lowest BCUT2D eigenvalue weighted by Gasteiger charge is -2.32. The zero-order valence-electron chi connectivity index (χ0n) is 11.4. The molecule has 0 aromatic heterocycles. The van der Waals surface area contributed by atoms with E-state index in [0.717, 1.165) is 41.8 Å². The van der Waals surface area contributed by atoms with Gasteiger partial charge in [-0.3, -0.25) is 4.79 Å². The third-order valence-corrected chi connectivity index (χ3v) is 4.92. The van der Waals surface area contributed by atoms with E-state index in [-0.39, 0.29) is 11.2 Å². The van der Waals surface area contributed by atoms with Crippen LogP contribution in [0.4, 0.5) is 0 Å². The fourth-order valence-corrected chi connectivity index (χ4v) is 3.33. The Hall–Kier alpha value is -0.670. The summed E-state index contributed by atoms with van der Waals surface area (Å²) in [4.78, 5) is 15.5. The Morgan fingerprint density at radius 2 is 1.89 bits per heavy atom. The molecule has 0 saturated carbocycles. The molecule has 1 aromatic rings. The SMILES string of the molecule is CC1CCN(C(=O)[C@@H](C)Sc2ccc(Cl)cc2)CC1. The zero-order chi connectivity index (χ0) is 13.8. The predicted molar refractivity (Wildman–Crippen MR) is 81.7 cm³/mol. The maximum absolute atomic E-state index is 12.4. The number of carbonyl (C=O) groups excluding carboxylic acids is 1. The van der Waals surface area contributed by atoms with Gasteiger partial charge in [-0.25, -0.2) is 0 Å². The Morgan fingerprint density at radius 1 is 1.32 bits per heavy atom. The maximum atomic E-state index is 12.4. The van der Waals surface area contributed by atoms with Crippen molar-refractivity contribution >= 4 is 29.3 Å². The van der Waals surface area contributed by atoms with Gasteiger partial charge in [-0.05, 0) is 49.9 Å². The number of halogens is 1. The third-order valence-electron chi connectivity index (χ3n) is 3.57. The lowest BCUT2D eigenvalue weighted by molar-refractivity contribution is -0.131. The number of benzene rings is 1. The van der Waals surface area contributed by atoms with E-state index < -0.39 is 0 Å². The van der Waals surface area contributed by atoms with Crippen LogP contribution in [0.25, 0.3) is 0 Å². The van der Waals surface area contributed by atoms with Crippen LogP contribution >= 0.6 is 23.4 Å². The zero-order valence-corrected chi connectivity index (χ0v) is 13.0. The van der Waals surface area contributed by atoms with Crippen molar-refractivity contribution in [2.75, 3.05) is 13.1 Å². The Bertz CT molecular complexity index is 426. The van der Waals surface area contributed by atoms with Gasteiger partial charge in [0, 0.05) is 23.0 Å². The molecule has 1 atom stereocenters. The molecule has 0 radical (unpaired) electrons. The van der Waals surface area contributed by atoms with Gasteiger partial charge in [-0.1, -0.05) is 18.5 Å². The van der Waals surface area contributed by atoms with E-state index in [2.05, 4.69) is 6.92 Å². The molecule has 1 fully saturated rings. The Labute approximate surface area is 124 Å². The Morgan fingerprint density at radius 3 is 2.47 bits per heavy atom. The van der Waals surface area contributed by atoms with Crippen molar-refractivity contribution in [3.8, 4) is 0 Å². The monoisotopic (exact) mass is 297 g/mol. The molecule has 0 bridgehead atoms. The second-order valence-corrected chi connectivity index (χ2v) is 7.07. The molecule has 4 heteroatoms. The van der Waals surface area contributed by atoms with Crippen LogP contribution in [-0.2, 0) is 4.79 Å². The summed E-state index contributed by atoms with van der Waals surface area (Å²) < 4.78 is 0. The van der Waals surface area contributed by atoms with Gasteiger partial charge in [0.05, 0.1) is 5.25 Å². The van der Waals surface area contributed by atoms with Crippen LogP contribution in [0.1, 0.15) is 26.7 Å². The van der Waals surface area contributed by atoms with Crippen LogP contribution in [0.5, 0.6) is 0 Å². The van der Waals surface area contributed by atoms with Crippen LogP contribution in [-0.4, -0.2) is 29.1 Å². The quantitative estimate of drug-likeness (QED) is 0.784. The normalized spacial score (nSPS) is 18.4. The number of hydrogen-bond acceptors (Lipinski definition) is 2. The highest BCUT2D eigenvalue weighted by Crippen LogP contribution is 2.27. The number of piperidine rings is 1. The molecule has 1 aliphatic rings. The minimum atomic E-state index is -0.0328. The number of rotatable bonds is 3. The van der Waals surface area contributed by atoms with E-state index in [0.29, 0.717) is 0 Å². The molecular formula is C15H20ClNOS. The standard InChI is InChI=1S/C15H20ClNOS/c1-11-7-9-17(10-8-11)15(18)12(2)19-14-5-3-13(16)4-6-14/h3-6,11-12H,7-10H2,1-2H3/t12-/m1/s1. The van der Waals surface area contributed by atoms with Crippen molar-refractivity contribution in [1.29, 1.82) is 0 Å². The van der Waals surface area contributed by atoms with Crippen LogP contribution < -0.4 is 0 Å². The van der Waals surface area contributed by atoms with Crippen molar-refractivity contribution < 1.29 is 4.79 Å². The van der Waals surface area contributed by atoms with Crippen molar-refractivity contribution in [2.24, 2.45) is 5.92 Å². The molecule has 0 spiro atoms. The van der Waals surface area contributed by atoms with Crippen molar-refractivity contribution in [3.05, 3.63) is 29.3 Å². The number of carbonyl (C=O) groups is 1. The van der Waals surface area contributed by atoms with Gasteiger partial charge in [-0.2, -0.15) is 0 Å². The molecule has 1 aromatic carbocycles. The summed E-state index contributed by atoms with van der Waals surface area (Å²) in [7, 11) is 0. The largest absolute Gasteiger partial charge is 0.342 e. The van der Waals surface area contributed by atoms with Crippen molar-refractivity contribution in [3.63, 3.8) is 0 Å². The first-order chi connectivity index (χ1) is 9.06. The van der Waals surface area contributed by atoms with Crippen LogP contribution in [0.2, 0.25) is 5.02 Å². The fourth-order valence-electron chi connectivity index (χ4n) is 2.25. The minimum Gasteiger partial charge on any atom is -0.342 e. The Balaban J connectivity index is 1.90. The molecule has 1 amide bonds. The van der Waals surface area contributed by atoms with Crippen molar-refractivity contribution in [2.45, 2.75) is 36.8 Å². The second kappa shape index (κ2) is 6.67. The highest BCUT2D eigenvalue weighted by molar-refractivity contribution is 8.00. The minimum absolute atomic E-state index is 0.0328. The molecule has 1 heterocycles. The van der Waals surface area contributed by atoms with E-state index in [1.807, 2.05) is 36.1 Å². The molecule has 104 valence electrons. The number of amides is 1. The Kier molecular flexibility index (Phi) is 5.17. The average molecular weight is 298 g/mol. The first-order valence-electron chi connectivity index (χ1n) is 6.77. The number of likely N-dealkylation sites (tertiary alicyclic amines) is 1. The van der Waals surface area contributed by atoms with Gasteiger partial charge in [0.15, 0.2) is 0 Å². The van der Waals surface area contributed by atoms with Gasteiger partial charge in [0.1, 0.15) is 0 Å². The first-order valence-corrected chi connectivity index (χ1v) is 8.03. The molecule has 1 aliphatic heterocycles. The van der Waals surface area contributed by atoms with Gasteiger partial charge in [0.25, 0.3) is 0 Å². The molecule has 0 aliphatic carbocycles. The van der Waals surface area contributed by atoms with E-state index >= 15 is 0 Å². The summed E-state index contributed by atoms with van der Waals surface area (Å²) in [6.45, 7) is 6.06. The number of nitrogens with zero attached hydrogens (tertiary/aromatic N) is 1. The van der Waals surface area contributed by atoms with Crippen LogP contribution in [0.3, 0.4) is 0 Å². The lowest BCUT2D eigenvalue weighted by atomic mass is 9.99. The summed E-state index contributed by atoms with van der Waals surface area (Å²) in [6.07, 6.45) is 2.26. The highest BCUT2D eigenvalue weighted by atomic mass is 35.5. The molecule has 19 heavy (non-hydrogen) atoms. The van der Waals surface area contributed by atoms with E-state index in [9.17, 15) is 4.79 Å². The van der Waals surface area contributed by atoms with Crippen LogP contribution in [0.15, 0.2) is 29.2 Å². The number of thioether (sulfide) groups is 1. The molecule has 1 saturated heterocycles. The van der Waals surface area contributed by atoms with E-state index in [1.165, 1.54) is 0 Å². The molecule has 0 unspecified atom stereocenters. The molecule has 0 N–H and O–H groups in total. The van der Waals surface area contributed by atoms with Gasteiger partial charge >= 0.3 is 0 Å². The smallest absolute Gasteiger partial charge is 0.235 e. The van der Waals surface area contributed by atoms with Gasteiger partial charge in [-0.15, -0.1) is 11.8 Å². The molecule has 2 rings (SSSR count). The van der Waals surface area contributed by atoms with E-state index in [1.54, 1.807) is 11.8 Å². The summed E-state index contributed by atoms with van der Waals surface area (Å²) in [5.41, 5.74) is 0. The van der Waals surface area contributed by atoms with Gasteiger partial charge < -0.3 is 4.90 Å². The average Bonchev–Trinajstić information content (AvgIpc) is 2.41. The second-order valence-electron chi connectivity index (χ2n) is 5.22. The summed E-state index contributed by atoms with van der Waals surface area (Å²) in [6, 6.07) is 7.66. The summed E-state index contributed by atoms with van der Waals surface area (Å²) in [5.74, 6) is 1.01. The summed E-state index contributed by atoms with van der Waals surface area (Å²) in [5, 5.41) is 0.697. The maximum Gasteiger partial charge on any atom is 0.235 e. The van der Waals surface area contributed by atoms with Gasteiger partial charge in [0.2, 0.25) is 5.91 Å².